The van der Waals surface area contributed by atoms with Crippen LogP contribution in [0.15, 0.2) is 59.0 Å². The summed E-state index contributed by atoms with van der Waals surface area (Å²) in [5.74, 6) is 0.342. The van der Waals surface area contributed by atoms with Crippen molar-refractivity contribution in [3.63, 3.8) is 0 Å². The number of carbonyl (C=O) groups is 1. The minimum Gasteiger partial charge on any atom is -0.459 e. The highest BCUT2D eigenvalue weighted by Gasteiger charge is 2.16. The van der Waals surface area contributed by atoms with Crippen molar-refractivity contribution in [2.45, 2.75) is 13.0 Å². The molecule has 0 saturated heterocycles. The molecule has 6 heteroatoms. The Balaban J connectivity index is 1.74. The number of nitro benzene ring substituents is 1. The van der Waals surface area contributed by atoms with Crippen molar-refractivity contribution in [3.05, 3.63) is 76.0 Å². The molecule has 3 rings (SSSR count). The second kappa shape index (κ2) is 5.92. The molecule has 0 fully saturated rings. The maximum absolute atomic E-state index is 12.2. The Kier molecular flexibility index (Phi) is 3.80. The molecular formula is C17H14N2O4. The quantitative estimate of drug-likeness (QED) is 0.586. The molecule has 6 nitrogen and oxygen atoms in total. The van der Waals surface area contributed by atoms with Crippen LogP contribution in [-0.2, 0) is 0 Å². The molecule has 1 amide bonds. The van der Waals surface area contributed by atoms with Crippen molar-refractivity contribution < 1.29 is 14.1 Å². The van der Waals surface area contributed by atoms with Crippen LogP contribution in [0.3, 0.4) is 0 Å². The first-order chi connectivity index (χ1) is 11.0. The highest BCUT2D eigenvalue weighted by molar-refractivity contribution is 5.94. The van der Waals surface area contributed by atoms with Gasteiger partial charge in [0.2, 0.25) is 0 Å². The van der Waals surface area contributed by atoms with Crippen LogP contribution in [0.2, 0.25) is 0 Å². The predicted octanol–water partition coefficient (Wildman–Crippen LogP) is 3.83. The van der Waals surface area contributed by atoms with Crippen molar-refractivity contribution in [1.82, 2.24) is 5.32 Å². The van der Waals surface area contributed by atoms with E-state index < -0.39 is 4.92 Å². The molecule has 23 heavy (non-hydrogen) atoms. The number of carbonyl (C=O) groups excluding carboxylic acids is 1. The van der Waals surface area contributed by atoms with Gasteiger partial charge in [0.15, 0.2) is 0 Å². The molecule has 116 valence electrons. The van der Waals surface area contributed by atoms with Gasteiger partial charge < -0.3 is 9.73 Å². The van der Waals surface area contributed by atoms with E-state index in [0.29, 0.717) is 11.3 Å². The maximum Gasteiger partial charge on any atom is 0.269 e. The third kappa shape index (κ3) is 3.06. The zero-order chi connectivity index (χ0) is 16.4. The summed E-state index contributed by atoms with van der Waals surface area (Å²) in [6, 6.07) is 14.6. The van der Waals surface area contributed by atoms with E-state index in [-0.39, 0.29) is 17.6 Å². The molecule has 0 aliphatic heterocycles. The third-order valence-corrected chi connectivity index (χ3v) is 3.56. The van der Waals surface area contributed by atoms with Gasteiger partial charge in [-0.3, -0.25) is 14.9 Å². The highest BCUT2D eigenvalue weighted by Crippen LogP contribution is 2.24. The lowest BCUT2D eigenvalue weighted by atomic mass is 10.1. The van der Waals surface area contributed by atoms with Crippen LogP contribution >= 0.6 is 0 Å². The molecule has 2 aromatic carbocycles. The molecule has 1 heterocycles. The van der Waals surface area contributed by atoms with Gasteiger partial charge in [0.05, 0.1) is 11.0 Å². The zero-order valence-corrected chi connectivity index (χ0v) is 12.4. The summed E-state index contributed by atoms with van der Waals surface area (Å²) < 4.78 is 5.71. The molecule has 3 aromatic rings. The van der Waals surface area contributed by atoms with E-state index in [9.17, 15) is 14.9 Å². The van der Waals surface area contributed by atoms with Gasteiger partial charge >= 0.3 is 0 Å². The number of fused-ring (bicyclic) bond motifs is 1. The van der Waals surface area contributed by atoms with Gasteiger partial charge in [-0.15, -0.1) is 0 Å². The summed E-state index contributed by atoms with van der Waals surface area (Å²) in [5, 5.41) is 14.4. The molecule has 0 spiro atoms. The maximum atomic E-state index is 12.2. The molecule has 0 saturated carbocycles. The van der Waals surface area contributed by atoms with Crippen molar-refractivity contribution in [1.29, 1.82) is 0 Å². The van der Waals surface area contributed by atoms with Crippen molar-refractivity contribution in [2.75, 3.05) is 0 Å². The average molecular weight is 310 g/mol. The molecule has 0 aliphatic carbocycles. The molecule has 0 radical (unpaired) electrons. The Morgan fingerprint density at radius 2 is 1.87 bits per heavy atom. The van der Waals surface area contributed by atoms with Gasteiger partial charge in [0, 0.05) is 23.1 Å². The summed E-state index contributed by atoms with van der Waals surface area (Å²) in [6.07, 6.45) is 0. The fraction of sp³-hybridized carbons (Fsp3) is 0.118. The lowest BCUT2D eigenvalue weighted by Gasteiger charge is -2.11. The number of benzene rings is 2. The molecule has 0 unspecified atom stereocenters. The van der Waals surface area contributed by atoms with Crippen molar-refractivity contribution >= 4 is 22.6 Å². The Morgan fingerprint density at radius 1 is 1.17 bits per heavy atom. The highest BCUT2D eigenvalue weighted by atomic mass is 16.6. The predicted molar refractivity (Wildman–Crippen MR) is 85.2 cm³/mol. The number of nitrogens with one attached hydrogen (secondary N) is 1. The second-order valence-corrected chi connectivity index (χ2v) is 5.19. The fourth-order valence-corrected chi connectivity index (χ4v) is 2.30. The minimum absolute atomic E-state index is 0.0492. The first-order valence-electron chi connectivity index (χ1n) is 7.08. The molecule has 1 aromatic heterocycles. The Morgan fingerprint density at radius 3 is 2.52 bits per heavy atom. The number of non-ortho nitro benzene ring substituents is 1. The average Bonchev–Trinajstić information content (AvgIpc) is 2.99. The van der Waals surface area contributed by atoms with E-state index in [1.165, 1.54) is 24.3 Å². The normalized spacial score (nSPS) is 12.0. The summed E-state index contributed by atoms with van der Waals surface area (Å²) in [4.78, 5) is 22.3. The van der Waals surface area contributed by atoms with Crippen LogP contribution in [0, 0.1) is 10.1 Å². The van der Waals surface area contributed by atoms with Gasteiger partial charge in [0.1, 0.15) is 11.3 Å². The van der Waals surface area contributed by atoms with Crippen molar-refractivity contribution in [3.8, 4) is 0 Å². The van der Waals surface area contributed by atoms with Gasteiger partial charge in [-0.05, 0) is 31.2 Å². The van der Waals surface area contributed by atoms with Crippen LogP contribution in [-0.4, -0.2) is 10.8 Å². The summed E-state index contributed by atoms with van der Waals surface area (Å²) in [5.41, 5.74) is 1.07. The summed E-state index contributed by atoms with van der Waals surface area (Å²) >= 11 is 0. The van der Waals surface area contributed by atoms with E-state index >= 15 is 0 Å². The van der Waals surface area contributed by atoms with E-state index in [2.05, 4.69) is 5.32 Å². The third-order valence-electron chi connectivity index (χ3n) is 3.56. The Hall–Kier alpha value is -3.15. The van der Waals surface area contributed by atoms with Crippen LogP contribution < -0.4 is 5.32 Å². The first kappa shape index (κ1) is 14.8. The van der Waals surface area contributed by atoms with Crippen LogP contribution in [0.5, 0.6) is 0 Å². The lowest BCUT2D eigenvalue weighted by molar-refractivity contribution is -0.384. The van der Waals surface area contributed by atoms with Crippen LogP contribution in [0.25, 0.3) is 11.0 Å². The Bertz CT molecular complexity index is 835. The van der Waals surface area contributed by atoms with Gasteiger partial charge in [0.25, 0.3) is 11.6 Å². The summed E-state index contributed by atoms with van der Waals surface area (Å²) in [7, 11) is 0. The van der Waals surface area contributed by atoms with Crippen LogP contribution in [0.1, 0.15) is 29.1 Å². The number of rotatable bonds is 4. The molecule has 1 N–H and O–H groups in total. The number of furan rings is 1. The molecule has 1 atom stereocenters. The Labute approximate surface area is 131 Å². The topological polar surface area (TPSA) is 85.4 Å². The van der Waals surface area contributed by atoms with Gasteiger partial charge in [-0.2, -0.15) is 0 Å². The zero-order valence-electron chi connectivity index (χ0n) is 12.4. The minimum atomic E-state index is -0.501. The van der Waals surface area contributed by atoms with Gasteiger partial charge in [-0.1, -0.05) is 18.2 Å². The monoisotopic (exact) mass is 310 g/mol. The molecule has 0 aliphatic rings. The number of hydrogen-bond acceptors (Lipinski definition) is 4. The molecule has 0 bridgehead atoms. The second-order valence-electron chi connectivity index (χ2n) is 5.19. The van der Waals surface area contributed by atoms with Crippen molar-refractivity contribution in [2.24, 2.45) is 0 Å². The summed E-state index contributed by atoms with van der Waals surface area (Å²) in [6.45, 7) is 1.82. The largest absolute Gasteiger partial charge is 0.459 e. The fourth-order valence-electron chi connectivity index (χ4n) is 2.30. The number of nitrogens with zero attached hydrogens (tertiary/aromatic N) is 1. The van der Waals surface area contributed by atoms with E-state index in [0.717, 1.165) is 11.0 Å². The first-order valence-corrected chi connectivity index (χ1v) is 7.08. The molecular weight excluding hydrogens is 296 g/mol. The smallest absolute Gasteiger partial charge is 0.269 e. The van der Waals surface area contributed by atoms with Gasteiger partial charge in [-0.25, -0.2) is 0 Å². The van der Waals surface area contributed by atoms with E-state index in [4.69, 9.17) is 4.42 Å². The standard InChI is InChI=1S/C17H14N2O4/c1-11(16-10-13-4-2-3-5-15(13)23-16)18-17(20)12-6-8-14(9-7-12)19(21)22/h2-11H,1H3,(H,18,20)/t11-/m1/s1. The lowest BCUT2D eigenvalue weighted by Crippen LogP contribution is -2.26. The van der Waals surface area contributed by atoms with E-state index in [1.807, 2.05) is 37.3 Å². The SMILES string of the molecule is C[C@@H](NC(=O)c1ccc([N+](=O)[O-])cc1)c1cc2ccccc2o1. The van der Waals surface area contributed by atoms with E-state index in [1.54, 1.807) is 0 Å². The number of hydrogen-bond donors (Lipinski definition) is 1. The van der Waals surface area contributed by atoms with Crippen LogP contribution in [0.4, 0.5) is 5.69 Å². The number of amides is 1. The number of para-hydroxylation sites is 1. The number of nitro groups is 1.